The average molecular weight is 468 g/mol. The van der Waals surface area contributed by atoms with E-state index in [1.807, 2.05) is 0 Å². The molecule has 0 bridgehead atoms. The number of hydrogen-bond donors (Lipinski definition) is 1. The Morgan fingerprint density at radius 3 is 1.88 bits per heavy atom. The summed E-state index contributed by atoms with van der Waals surface area (Å²) in [6.07, 6.45) is 26.4. The highest BCUT2D eigenvalue weighted by atomic mass is 16.5. The molecule has 1 aliphatic carbocycles. The Kier molecular flexibility index (Phi) is 20.2. The molecule has 1 saturated carbocycles. The summed E-state index contributed by atoms with van der Waals surface area (Å²) in [4.78, 5) is 15.0. The molecule has 1 N–H and O–H groups in total. The molecule has 4 heteroatoms. The van der Waals surface area contributed by atoms with Crippen LogP contribution >= 0.6 is 0 Å². The van der Waals surface area contributed by atoms with E-state index < -0.39 is 0 Å². The van der Waals surface area contributed by atoms with Gasteiger partial charge in [0.1, 0.15) is 6.10 Å². The molecule has 0 aromatic heterocycles. The van der Waals surface area contributed by atoms with Crippen LogP contribution < -0.4 is 0 Å². The minimum absolute atomic E-state index is 0.0289. The van der Waals surface area contributed by atoms with Crippen LogP contribution in [0.25, 0.3) is 0 Å². The highest BCUT2D eigenvalue weighted by molar-refractivity contribution is 5.69. The van der Waals surface area contributed by atoms with Crippen molar-refractivity contribution in [2.45, 2.75) is 160 Å². The Morgan fingerprint density at radius 2 is 1.36 bits per heavy atom. The topological polar surface area (TPSA) is 49.8 Å². The quantitative estimate of drug-likeness (QED) is 0.222. The summed E-state index contributed by atoms with van der Waals surface area (Å²) in [5, 5.41) is 9.01. The van der Waals surface area contributed by atoms with Gasteiger partial charge in [-0.1, -0.05) is 84.0 Å². The molecular formula is C29H57NO3. The Labute approximate surface area is 206 Å². The molecule has 1 fully saturated rings. The molecule has 33 heavy (non-hydrogen) atoms. The number of aliphatic hydroxyl groups excluding tert-OH is 1. The molecule has 0 aliphatic heterocycles. The molecule has 1 aliphatic rings. The molecule has 1 unspecified atom stereocenters. The largest absolute Gasteiger partial charge is 0.462 e. The Bertz CT molecular complexity index is 427. The third-order valence-electron chi connectivity index (χ3n) is 7.43. The molecule has 0 aromatic rings. The van der Waals surface area contributed by atoms with Gasteiger partial charge in [0.05, 0.1) is 0 Å². The number of carbonyl (C=O) groups is 1. The Morgan fingerprint density at radius 1 is 0.818 bits per heavy atom. The first kappa shape index (κ1) is 30.4. The lowest BCUT2D eigenvalue weighted by Crippen LogP contribution is -2.32. The Balaban J connectivity index is 2.31. The third kappa shape index (κ3) is 17.5. The zero-order valence-corrected chi connectivity index (χ0v) is 22.3. The molecule has 0 saturated heterocycles. The van der Waals surface area contributed by atoms with E-state index in [2.05, 4.69) is 18.9 Å². The minimum atomic E-state index is 0.0289. The lowest BCUT2D eigenvalue weighted by Gasteiger charge is -2.28. The molecule has 4 nitrogen and oxygen atoms in total. The van der Waals surface area contributed by atoms with Crippen molar-refractivity contribution < 1.29 is 14.6 Å². The van der Waals surface area contributed by atoms with Gasteiger partial charge < -0.3 is 14.7 Å². The van der Waals surface area contributed by atoms with Gasteiger partial charge in [-0.05, 0) is 71.4 Å². The molecule has 0 amide bonds. The lowest BCUT2D eigenvalue weighted by atomic mass is 10.0. The van der Waals surface area contributed by atoms with Crippen molar-refractivity contribution >= 4 is 5.97 Å². The van der Waals surface area contributed by atoms with Crippen molar-refractivity contribution in [3.8, 4) is 0 Å². The first-order valence-electron chi connectivity index (χ1n) is 14.7. The summed E-state index contributed by atoms with van der Waals surface area (Å²) in [5.74, 6) is 0.0289. The number of rotatable bonds is 13. The van der Waals surface area contributed by atoms with E-state index in [0.29, 0.717) is 12.5 Å². The van der Waals surface area contributed by atoms with Gasteiger partial charge in [-0.25, -0.2) is 0 Å². The van der Waals surface area contributed by atoms with Crippen molar-refractivity contribution in [2.75, 3.05) is 20.2 Å². The van der Waals surface area contributed by atoms with Crippen LogP contribution in [-0.2, 0) is 9.53 Å². The maximum Gasteiger partial charge on any atom is 0.306 e. The van der Waals surface area contributed by atoms with Gasteiger partial charge >= 0.3 is 5.97 Å². The van der Waals surface area contributed by atoms with Gasteiger partial charge in [0.2, 0.25) is 0 Å². The zero-order valence-electron chi connectivity index (χ0n) is 22.3. The second kappa shape index (κ2) is 21.9. The number of aliphatic hydroxyl groups is 1. The fourth-order valence-corrected chi connectivity index (χ4v) is 5.24. The van der Waals surface area contributed by atoms with Crippen molar-refractivity contribution in [3.63, 3.8) is 0 Å². The second-order valence-corrected chi connectivity index (χ2v) is 10.5. The molecule has 1 rings (SSSR count). The summed E-state index contributed by atoms with van der Waals surface area (Å²) in [6.45, 7) is 3.59. The van der Waals surface area contributed by atoms with Gasteiger partial charge in [-0.15, -0.1) is 0 Å². The van der Waals surface area contributed by atoms with Crippen LogP contribution in [0.3, 0.4) is 0 Å². The van der Waals surface area contributed by atoms with Gasteiger partial charge in [0.15, 0.2) is 0 Å². The highest BCUT2D eigenvalue weighted by Gasteiger charge is 2.16. The van der Waals surface area contributed by atoms with Crippen molar-refractivity contribution in [1.29, 1.82) is 0 Å². The van der Waals surface area contributed by atoms with Gasteiger partial charge in [0.25, 0.3) is 0 Å². The number of carbonyl (C=O) groups excluding carboxylic acids is 1. The van der Waals surface area contributed by atoms with Gasteiger partial charge in [0, 0.05) is 19.1 Å². The molecule has 0 aromatic carbocycles. The third-order valence-corrected chi connectivity index (χ3v) is 7.43. The second-order valence-electron chi connectivity index (χ2n) is 10.5. The minimum Gasteiger partial charge on any atom is -0.462 e. The van der Waals surface area contributed by atoms with Gasteiger partial charge in [-0.2, -0.15) is 0 Å². The van der Waals surface area contributed by atoms with E-state index in [1.165, 1.54) is 89.9 Å². The maximum atomic E-state index is 12.6. The van der Waals surface area contributed by atoms with E-state index >= 15 is 0 Å². The number of hydrogen-bond acceptors (Lipinski definition) is 4. The highest BCUT2D eigenvalue weighted by Crippen LogP contribution is 2.20. The number of nitrogens with zero attached hydrogens (tertiary/aromatic N) is 1. The van der Waals surface area contributed by atoms with Crippen LogP contribution in [0.2, 0.25) is 0 Å². The summed E-state index contributed by atoms with van der Waals surface area (Å²) in [6, 6.07) is 0.591. The summed E-state index contributed by atoms with van der Waals surface area (Å²) in [7, 11) is 2.21. The van der Waals surface area contributed by atoms with E-state index in [9.17, 15) is 4.79 Å². The summed E-state index contributed by atoms with van der Waals surface area (Å²) < 4.78 is 5.97. The fraction of sp³-hybridized carbons (Fsp3) is 0.966. The maximum absolute atomic E-state index is 12.6. The van der Waals surface area contributed by atoms with E-state index in [-0.39, 0.29) is 18.7 Å². The summed E-state index contributed by atoms with van der Waals surface area (Å²) in [5.41, 5.74) is 0. The predicted molar refractivity (Wildman–Crippen MR) is 141 cm³/mol. The summed E-state index contributed by atoms with van der Waals surface area (Å²) >= 11 is 0. The smallest absolute Gasteiger partial charge is 0.306 e. The standard InChI is InChI=1S/C29H57NO3/c1-3-20-27(30(2)25-18-19-26-31)21-16-17-24-29(32)33-28-22-14-12-10-8-6-4-5-7-9-11-13-15-23-28/h27-28,31H,3-26H2,1-2H3. The normalized spacial score (nSPS) is 19.0. The number of unbranched alkanes of at least 4 members (excludes halogenated alkanes) is 2. The Hall–Kier alpha value is -0.610. The molecular weight excluding hydrogens is 410 g/mol. The van der Waals surface area contributed by atoms with Crippen LogP contribution in [0.5, 0.6) is 0 Å². The SMILES string of the molecule is CCCC(CCCCC(=O)OC1CCCCCCCCCCCCCC1)N(C)CCCCO. The van der Waals surface area contributed by atoms with Crippen molar-refractivity contribution in [3.05, 3.63) is 0 Å². The predicted octanol–water partition coefficient (Wildman–Crippen LogP) is 7.81. The van der Waals surface area contributed by atoms with E-state index in [1.54, 1.807) is 0 Å². The molecule has 0 radical (unpaired) electrons. The van der Waals surface area contributed by atoms with Crippen LogP contribution in [0.4, 0.5) is 0 Å². The van der Waals surface area contributed by atoms with Crippen LogP contribution in [0, 0.1) is 0 Å². The average Bonchev–Trinajstić information content (AvgIpc) is 2.81. The van der Waals surface area contributed by atoms with E-state index in [0.717, 1.165) is 51.5 Å². The molecule has 0 spiro atoms. The van der Waals surface area contributed by atoms with Crippen LogP contribution in [0.15, 0.2) is 0 Å². The lowest BCUT2D eigenvalue weighted by molar-refractivity contribution is -0.150. The van der Waals surface area contributed by atoms with Crippen LogP contribution in [-0.4, -0.2) is 48.3 Å². The van der Waals surface area contributed by atoms with Crippen molar-refractivity contribution in [2.24, 2.45) is 0 Å². The first-order chi connectivity index (χ1) is 16.2. The molecule has 196 valence electrons. The number of ether oxygens (including phenoxy) is 1. The fourth-order valence-electron chi connectivity index (χ4n) is 5.24. The molecule has 1 atom stereocenters. The van der Waals surface area contributed by atoms with Gasteiger partial charge in [-0.3, -0.25) is 4.79 Å². The monoisotopic (exact) mass is 467 g/mol. The number of esters is 1. The van der Waals surface area contributed by atoms with Crippen LogP contribution in [0.1, 0.15) is 148 Å². The van der Waals surface area contributed by atoms with E-state index in [4.69, 9.17) is 9.84 Å². The molecule has 0 heterocycles. The first-order valence-corrected chi connectivity index (χ1v) is 14.7. The van der Waals surface area contributed by atoms with Crippen molar-refractivity contribution in [1.82, 2.24) is 4.90 Å². The zero-order chi connectivity index (χ0) is 24.0.